The van der Waals surface area contributed by atoms with Gasteiger partial charge in [0.15, 0.2) is 5.82 Å². The van der Waals surface area contributed by atoms with Crippen molar-refractivity contribution in [3.8, 4) is 11.3 Å². The number of halogens is 2. The Morgan fingerprint density at radius 1 is 1.21 bits per heavy atom. The van der Waals surface area contributed by atoms with Gasteiger partial charge in [0.25, 0.3) is 5.91 Å². The molecule has 3 fully saturated rings. The van der Waals surface area contributed by atoms with E-state index in [1.807, 2.05) is 16.8 Å². The molecule has 9 heteroatoms. The van der Waals surface area contributed by atoms with Crippen LogP contribution < -0.4 is 15.1 Å². The minimum atomic E-state index is -2.91. The minimum Gasteiger partial charge on any atom is -0.369 e. The van der Waals surface area contributed by atoms with Gasteiger partial charge in [-0.15, -0.1) is 0 Å². The van der Waals surface area contributed by atoms with E-state index in [0.717, 1.165) is 49.7 Å². The first-order valence-electron chi connectivity index (χ1n) is 14.5. The van der Waals surface area contributed by atoms with Crippen molar-refractivity contribution in [2.24, 2.45) is 17.8 Å². The van der Waals surface area contributed by atoms with Gasteiger partial charge in [0.2, 0.25) is 5.91 Å². The third-order valence-electron chi connectivity index (χ3n) is 7.94. The topological polar surface area (TPSA) is 70.5 Å². The maximum Gasteiger partial charge on any atom is 0.262 e. The number of benzene rings is 2. The van der Waals surface area contributed by atoms with E-state index < -0.39 is 24.3 Å². The minimum absolute atomic E-state index is 0.0960. The van der Waals surface area contributed by atoms with Gasteiger partial charge in [-0.2, -0.15) is 5.10 Å². The standard InChI is InChI=1S/C29H31ClFN5O2/c1-16(18-7-8-18)36-25(13-27(33-36)32-17(2)37)19-9-10-24(26(12-19)35-14-20-11-21(20)15-35)34(3)29(38)28-22(30)5-4-6-23(28)31/h4-6,9-10,12-13,16,18,20-21H,7-8,11,14-15H2,1-3H3,(H,32,33,37)/i3D3. The average molecular weight is 539 g/mol. The molecule has 198 valence electrons. The summed E-state index contributed by atoms with van der Waals surface area (Å²) in [6.07, 6.45) is 3.33. The Morgan fingerprint density at radius 3 is 2.63 bits per heavy atom. The van der Waals surface area contributed by atoms with E-state index in [4.69, 9.17) is 15.7 Å². The highest BCUT2D eigenvalue weighted by Crippen LogP contribution is 2.49. The summed E-state index contributed by atoms with van der Waals surface area (Å²) in [6, 6.07) is 10.9. The summed E-state index contributed by atoms with van der Waals surface area (Å²) in [5.41, 5.74) is 1.78. The van der Waals surface area contributed by atoms with E-state index in [1.54, 1.807) is 12.1 Å². The van der Waals surface area contributed by atoms with Gasteiger partial charge in [-0.1, -0.05) is 23.7 Å². The van der Waals surface area contributed by atoms with Crippen molar-refractivity contribution < 1.29 is 18.1 Å². The van der Waals surface area contributed by atoms with Crippen LogP contribution in [0.4, 0.5) is 21.6 Å². The number of amides is 2. The van der Waals surface area contributed by atoms with Gasteiger partial charge in [0.05, 0.1) is 33.7 Å². The zero-order valence-electron chi connectivity index (χ0n) is 24.2. The third-order valence-corrected chi connectivity index (χ3v) is 8.26. The average Bonchev–Trinajstić information content (AvgIpc) is 3.80. The molecule has 1 aromatic heterocycles. The molecule has 2 heterocycles. The van der Waals surface area contributed by atoms with Crippen molar-refractivity contribution in [1.82, 2.24) is 9.78 Å². The molecule has 1 N–H and O–H groups in total. The first kappa shape index (κ1) is 21.5. The largest absolute Gasteiger partial charge is 0.369 e. The molecule has 3 aliphatic rings. The van der Waals surface area contributed by atoms with Crippen LogP contribution in [0.3, 0.4) is 0 Å². The zero-order chi connectivity index (χ0) is 29.2. The quantitative estimate of drug-likeness (QED) is 0.400. The fraction of sp³-hybridized carbons (Fsp3) is 0.414. The van der Waals surface area contributed by atoms with Crippen molar-refractivity contribution in [3.05, 3.63) is 58.9 Å². The smallest absolute Gasteiger partial charge is 0.262 e. The predicted octanol–water partition coefficient (Wildman–Crippen LogP) is 6.00. The maximum atomic E-state index is 14.8. The molecule has 2 aromatic carbocycles. The summed E-state index contributed by atoms with van der Waals surface area (Å²) in [5, 5.41) is 7.29. The van der Waals surface area contributed by atoms with Gasteiger partial charge in [0.1, 0.15) is 5.82 Å². The SMILES string of the molecule is [2H]C([2H])([2H])N(C(=O)c1c(F)cccc1Cl)c1ccc(-c2cc(NC(C)=O)nn2C(C)C2CC2)cc1N1CC2CC2C1. The molecule has 1 aliphatic heterocycles. The number of rotatable bonds is 7. The Balaban J connectivity index is 1.49. The van der Waals surface area contributed by atoms with Gasteiger partial charge in [0, 0.05) is 42.7 Å². The molecule has 38 heavy (non-hydrogen) atoms. The molecular weight excluding hydrogens is 505 g/mol. The van der Waals surface area contributed by atoms with Gasteiger partial charge in [-0.3, -0.25) is 14.3 Å². The highest BCUT2D eigenvalue weighted by atomic mass is 35.5. The molecule has 1 saturated heterocycles. The Bertz CT molecular complexity index is 1510. The molecule has 3 atom stereocenters. The van der Waals surface area contributed by atoms with E-state index >= 15 is 0 Å². The maximum absolute atomic E-state index is 14.8. The highest BCUT2D eigenvalue weighted by molar-refractivity contribution is 6.34. The molecule has 6 rings (SSSR count). The Morgan fingerprint density at radius 2 is 1.97 bits per heavy atom. The summed E-state index contributed by atoms with van der Waals surface area (Å²) in [5.74, 6) is -0.190. The zero-order valence-corrected chi connectivity index (χ0v) is 22.0. The lowest BCUT2D eigenvalue weighted by Gasteiger charge is -2.29. The molecule has 2 saturated carbocycles. The predicted molar refractivity (Wildman–Crippen MR) is 147 cm³/mol. The lowest BCUT2D eigenvalue weighted by atomic mass is 10.1. The summed E-state index contributed by atoms with van der Waals surface area (Å²) in [4.78, 5) is 28.3. The lowest BCUT2D eigenvalue weighted by Crippen LogP contribution is -2.31. The van der Waals surface area contributed by atoms with E-state index in [9.17, 15) is 14.0 Å². The number of hydrogen-bond donors (Lipinski definition) is 1. The van der Waals surface area contributed by atoms with Crippen LogP contribution in [0.5, 0.6) is 0 Å². The molecule has 0 bridgehead atoms. The van der Waals surface area contributed by atoms with Gasteiger partial charge < -0.3 is 15.1 Å². The Labute approximate surface area is 230 Å². The number of nitrogens with zero attached hydrogens (tertiary/aromatic N) is 4. The van der Waals surface area contributed by atoms with E-state index in [1.165, 1.54) is 19.1 Å². The van der Waals surface area contributed by atoms with Gasteiger partial charge in [-0.05, 0) is 68.2 Å². The number of piperidine rings is 1. The molecule has 7 nitrogen and oxygen atoms in total. The van der Waals surface area contributed by atoms with Crippen LogP contribution in [-0.4, -0.2) is 41.7 Å². The second kappa shape index (κ2) is 9.42. The molecule has 0 spiro atoms. The normalized spacial score (nSPS) is 22.2. The van der Waals surface area contributed by atoms with Crippen LogP contribution in [0.2, 0.25) is 5.02 Å². The second-order valence-corrected chi connectivity index (χ2v) is 11.1. The highest BCUT2D eigenvalue weighted by Gasteiger charge is 2.46. The molecule has 0 radical (unpaired) electrons. The second-order valence-electron chi connectivity index (χ2n) is 10.7. The fourth-order valence-electron chi connectivity index (χ4n) is 5.58. The molecular formula is C29H31ClFN5O2. The summed E-state index contributed by atoms with van der Waals surface area (Å²) < 4.78 is 41.6. The number of fused-ring (bicyclic) bond motifs is 1. The van der Waals surface area contributed by atoms with Crippen molar-refractivity contribution in [3.63, 3.8) is 0 Å². The Kier molecular flexibility index (Phi) is 5.34. The number of nitrogens with one attached hydrogen (secondary N) is 1. The van der Waals surface area contributed by atoms with Crippen LogP contribution in [0.1, 0.15) is 53.6 Å². The summed E-state index contributed by atoms with van der Waals surface area (Å²) in [6.45, 7) is 2.08. The molecule has 3 unspecified atom stereocenters. The van der Waals surface area contributed by atoms with Crippen LogP contribution in [-0.2, 0) is 4.79 Å². The van der Waals surface area contributed by atoms with E-state index in [2.05, 4.69) is 22.2 Å². The number of carbonyl (C=O) groups excluding carboxylic acids is 2. The van der Waals surface area contributed by atoms with Crippen LogP contribution in [0.25, 0.3) is 11.3 Å². The van der Waals surface area contributed by atoms with Gasteiger partial charge in [-0.25, -0.2) is 4.39 Å². The number of hydrogen-bond acceptors (Lipinski definition) is 4. The van der Waals surface area contributed by atoms with Crippen molar-refractivity contribution in [2.75, 3.05) is 35.2 Å². The van der Waals surface area contributed by atoms with Gasteiger partial charge >= 0.3 is 0 Å². The number of anilines is 3. The molecule has 2 aliphatic carbocycles. The first-order chi connectivity index (χ1) is 19.4. The third kappa shape index (κ3) is 4.55. The van der Waals surface area contributed by atoms with E-state index in [0.29, 0.717) is 34.2 Å². The number of aromatic nitrogens is 2. The fourth-order valence-corrected chi connectivity index (χ4v) is 5.83. The van der Waals surface area contributed by atoms with Crippen molar-refractivity contribution in [2.45, 2.75) is 39.2 Å². The summed E-state index contributed by atoms with van der Waals surface area (Å²) >= 11 is 6.20. The van der Waals surface area contributed by atoms with Crippen LogP contribution in [0, 0.1) is 23.6 Å². The van der Waals surface area contributed by atoms with E-state index in [-0.39, 0.29) is 22.7 Å². The monoisotopic (exact) mass is 538 g/mol. The van der Waals surface area contributed by atoms with Crippen LogP contribution >= 0.6 is 11.6 Å². The number of carbonyl (C=O) groups is 2. The van der Waals surface area contributed by atoms with Crippen molar-refractivity contribution >= 4 is 40.6 Å². The lowest BCUT2D eigenvalue weighted by molar-refractivity contribution is -0.114. The van der Waals surface area contributed by atoms with Crippen molar-refractivity contribution in [1.29, 1.82) is 0 Å². The van der Waals surface area contributed by atoms with Crippen LogP contribution in [0.15, 0.2) is 42.5 Å². The first-order valence-corrected chi connectivity index (χ1v) is 13.3. The Hall–Kier alpha value is -3.39. The molecule has 3 aromatic rings. The summed E-state index contributed by atoms with van der Waals surface area (Å²) in [7, 11) is 0. The molecule has 2 amide bonds.